The quantitative estimate of drug-likeness (QED) is 0.245. The molecule has 3 aromatic carbocycles. The fourth-order valence-corrected chi connectivity index (χ4v) is 6.00. The molecule has 1 fully saturated rings. The second-order valence-electron chi connectivity index (χ2n) is 10.6. The first-order valence-corrected chi connectivity index (χ1v) is 14.1. The summed E-state index contributed by atoms with van der Waals surface area (Å²) in [5.41, 5.74) is 5.52. The molecule has 1 amide bonds. The van der Waals surface area contributed by atoms with Crippen molar-refractivity contribution in [3.05, 3.63) is 107 Å². The van der Waals surface area contributed by atoms with Gasteiger partial charge >= 0.3 is 0 Å². The number of nitrogens with zero attached hydrogens (tertiary/aromatic N) is 4. The van der Waals surface area contributed by atoms with Crippen molar-refractivity contribution in [2.45, 2.75) is 58.0 Å². The third-order valence-electron chi connectivity index (χ3n) is 7.96. The van der Waals surface area contributed by atoms with E-state index in [-0.39, 0.29) is 36.0 Å². The van der Waals surface area contributed by atoms with Gasteiger partial charge < -0.3 is 4.57 Å². The van der Waals surface area contributed by atoms with Crippen molar-refractivity contribution in [2.24, 2.45) is 11.0 Å². The van der Waals surface area contributed by atoms with E-state index in [2.05, 4.69) is 6.92 Å². The number of hydrazone groups is 1. The summed E-state index contributed by atoms with van der Waals surface area (Å²) in [6, 6.07) is 20.4. The van der Waals surface area contributed by atoms with Gasteiger partial charge in [-0.25, -0.2) is 18.8 Å². The Bertz CT molecular complexity index is 1590. The molecule has 0 N–H and O–H groups in total. The van der Waals surface area contributed by atoms with Gasteiger partial charge in [-0.15, -0.1) is 0 Å². The summed E-state index contributed by atoms with van der Waals surface area (Å²) in [6.07, 6.45) is 7.52. The van der Waals surface area contributed by atoms with Crippen LogP contribution in [0.1, 0.15) is 62.0 Å². The predicted molar refractivity (Wildman–Crippen MR) is 153 cm³/mol. The number of benzene rings is 3. The Balaban J connectivity index is 1.39. The molecular weight excluding hydrogens is 506 g/mol. The summed E-state index contributed by atoms with van der Waals surface area (Å²) >= 11 is 0. The van der Waals surface area contributed by atoms with Crippen molar-refractivity contribution >= 4 is 28.7 Å². The Morgan fingerprint density at radius 3 is 2.48 bits per heavy atom. The van der Waals surface area contributed by atoms with Crippen LogP contribution in [0.3, 0.4) is 0 Å². The Morgan fingerprint density at radius 2 is 1.73 bits per heavy atom. The van der Waals surface area contributed by atoms with Crippen molar-refractivity contribution in [3.63, 3.8) is 0 Å². The second-order valence-corrected chi connectivity index (χ2v) is 10.6. The van der Waals surface area contributed by atoms with Crippen LogP contribution in [-0.4, -0.2) is 26.2 Å². The van der Waals surface area contributed by atoms with E-state index >= 15 is 0 Å². The van der Waals surface area contributed by atoms with Crippen LogP contribution in [0, 0.1) is 17.6 Å². The van der Waals surface area contributed by atoms with E-state index < -0.39 is 0 Å². The fourth-order valence-electron chi connectivity index (χ4n) is 6.00. The van der Waals surface area contributed by atoms with E-state index in [4.69, 9.17) is 10.1 Å². The van der Waals surface area contributed by atoms with Gasteiger partial charge in [0.2, 0.25) is 0 Å². The molecule has 1 aliphatic carbocycles. The maximum atomic E-state index is 14.1. The van der Waals surface area contributed by atoms with Gasteiger partial charge in [-0.1, -0.05) is 49.7 Å². The summed E-state index contributed by atoms with van der Waals surface area (Å²) in [7, 11) is 0. The average Bonchev–Trinajstić information content (AvgIpc) is 3.53. The van der Waals surface area contributed by atoms with E-state index in [0.29, 0.717) is 0 Å². The number of carbonyl (C=O) groups is 1. The number of hydrogen-bond acceptors (Lipinski definition) is 3. The van der Waals surface area contributed by atoms with E-state index in [1.54, 1.807) is 29.3 Å². The number of unbranched alkanes of at least 4 members (excludes halogenated alkanes) is 1. The molecule has 0 unspecified atom stereocenters. The molecule has 2 aliphatic rings. The third kappa shape index (κ3) is 5.08. The van der Waals surface area contributed by atoms with Crippen LogP contribution >= 0.6 is 0 Å². The minimum absolute atomic E-state index is 0.00560. The molecule has 204 valence electrons. The summed E-state index contributed by atoms with van der Waals surface area (Å²) in [5, 5.41) is 6.59. The first-order valence-electron chi connectivity index (χ1n) is 14.1. The Labute approximate surface area is 232 Å². The maximum Gasteiger partial charge on any atom is 0.263 e. The molecule has 6 rings (SSSR count). The highest BCUT2D eigenvalue weighted by atomic mass is 19.1. The number of aryl methyl sites for hydroxylation is 1. The lowest BCUT2D eigenvalue weighted by atomic mass is 9.77. The summed E-state index contributed by atoms with van der Waals surface area (Å²) in [4.78, 5) is 18.9. The molecule has 5 nitrogen and oxygen atoms in total. The predicted octanol–water partition coefficient (Wildman–Crippen LogP) is 7.48. The number of carbonyl (C=O) groups excluding carboxylic acids is 1. The topological polar surface area (TPSA) is 50.5 Å². The highest BCUT2D eigenvalue weighted by Gasteiger charge is 2.43. The molecular formula is C33H32F2N4O. The first kappa shape index (κ1) is 26.1. The molecule has 7 heteroatoms. The Kier molecular flexibility index (Phi) is 7.29. The van der Waals surface area contributed by atoms with Crippen LogP contribution in [0.15, 0.2) is 83.5 Å². The number of halogens is 2. The number of fused-ring (bicyclic) bond motifs is 2. The zero-order valence-corrected chi connectivity index (χ0v) is 22.6. The molecule has 40 heavy (non-hydrogen) atoms. The van der Waals surface area contributed by atoms with Crippen molar-refractivity contribution in [1.29, 1.82) is 0 Å². The monoisotopic (exact) mass is 538 g/mol. The molecule has 1 saturated carbocycles. The minimum atomic E-state index is -0.325. The molecule has 1 aliphatic heterocycles. The van der Waals surface area contributed by atoms with Gasteiger partial charge in [-0.3, -0.25) is 4.79 Å². The Hall–Kier alpha value is -4.13. The SMILES string of the molecule is CCCCc1nc2ccccc2n1CC(=O)N1N=C2/C(=C\c3ccc(F)cc3)CCC[C@H]2[C@@H]1c1ccc(F)cc1. The fraction of sp³-hybridized carbons (Fsp3) is 0.303. The number of hydrogen-bond donors (Lipinski definition) is 0. The van der Waals surface area contributed by atoms with Crippen LogP contribution in [0.2, 0.25) is 0 Å². The van der Waals surface area contributed by atoms with Crippen LogP contribution in [0.4, 0.5) is 8.78 Å². The summed E-state index contributed by atoms with van der Waals surface area (Å²) < 4.78 is 29.4. The van der Waals surface area contributed by atoms with Gasteiger partial charge in [0, 0.05) is 12.3 Å². The molecule has 4 aromatic rings. The van der Waals surface area contributed by atoms with E-state index in [1.165, 1.54) is 24.3 Å². The van der Waals surface area contributed by atoms with Gasteiger partial charge in [-0.05, 0) is 84.9 Å². The Morgan fingerprint density at radius 1 is 1.00 bits per heavy atom. The zero-order chi connectivity index (χ0) is 27.6. The first-order chi connectivity index (χ1) is 19.5. The number of allylic oxidation sites excluding steroid dienone is 1. The molecule has 0 radical (unpaired) electrons. The van der Waals surface area contributed by atoms with Crippen LogP contribution in [0.25, 0.3) is 17.1 Å². The summed E-state index contributed by atoms with van der Waals surface area (Å²) in [5.74, 6) is 0.176. The lowest BCUT2D eigenvalue weighted by Crippen LogP contribution is -2.34. The lowest BCUT2D eigenvalue weighted by Gasteiger charge is -2.30. The normalized spacial score (nSPS) is 19.7. The van der Waals surface area contributed by atoms with E-state index in [0.717, 1.165) is 77.8 Å². The van der Waals surface area contributed by atoms with Gasteiger partial charge in [-0.2, -0.15) is 5.10 Å². The third-order valence-corrected chi connectivity index (χ3v) is 7.96. The van der Waals surface area contributed by atoms with Crippen LogP contribution < -0.4 is 0 Å². The van der Waals surface area contributed by atoms with Gasteiger partial charge in [0.25, 0.3) is 5.91 Å². The number of para-hydroxylation sites is 2. The van der Waals surface area contributed by atoms with Gasteiger partial charge in [0.15, 0.2) is 0 Å². The minimum Gasteiger partial charge on any atom is -0.318 e. The van der Waals surface area contributed by atoms with Gasteiger partial charge in [0.1, 0.15) is 24.0 Å². The highest BCUT2D eigenvalue weighted by Crippen LogP contribution is 2.44. The largest absolute Gasteiger partial charge is 0.318 e. The number of rotatable bonds is 7. The van der Waals surface area contributed by atoms with Gasteiger partial charge in [0.05, 0.1) is 22.8 Å². The van der Waals surface area contributed by atoms with Crippen LogP contribution in [-0.2, 0) is 17.8 Å². The standard InChI is InChI=1S/C33H32F2N4O/c1-2-3-11-30-36-28-9-4-5-10-29(28)38(30)21-31(40)39-33(23-14-18-26(35)19-15-23)27-8-6-7-24(32(27)37-39)20-22-12-16-25(34)17-13-22/h4-5,9-10,12-20,27,33H,2-3,6-8,11,21H2,1H3/b24-20-/t27-,33+/m1/s1. The van der Waals surface area contributed by atoms with Crippen molar-refractivity contribution in [3.8, 4) is 0 Å². The maximum absolute atomic E-state index is 14.1. The van der Waals surface area contributed by atoms with Crippen molar-refractivity contribution in [2.75, 3.05) is 0 Å². The number of imidazole rings is 1. The molecule has 2 heterocycles. The molecule has 0 saturated heterocycles. The number of amides is 1. The van der Waals surface area contributed by atoms with E-state index in [1.807, 2.05) is 34.9 Å². The lowest BCUT2D eigenvalue weighted by molar-refractivity contribution is -0.134. The highest BCUT2D eigenvalue weighted by molar-refractivity contribution is 6.08. The molecule has 2 atom stereocenters. The second kappa shape index (κ2) is 11.2. The van der Waals surface area contributed by atoms with Crippen molar-refractivity contribution in [1.82, 2.24) is 14.6 Å². The summed E-state index contributed by atoms with van der Waals surface area (Å²) in [6.45, 7) is 2.27. The van der Waals surface area contributed by atoms with Crippen LogP contribution in [0.5, 0.6) is 0 Å². The molecule has 0 bridgehead atoms. The molecule has 1 aromatic heterocycles. The zero-order valence-electron chi connectivity index (χ0n) is 22.6. The van der Waals surface area contributed by atoms with E-state index in [9.17, 15) is 13.6 Å². The average molecular weight is 539 g/mol. The number of aromatic nitrogens is 2. The molecule has 0 spiro atoms. The smallest absolute Gasteiger partial charge is 0.263 e. The van der Waals surface area contributed by atoms with Crippen molar-refractivity contribution < 1.29 is 13.6 Å².